The second-order valence-corrected chi connectivity index (χ2v) is 6.51. The molecule has 6 heteroatoms. The number of benzene rings is 2. The second-order valence-electron chi connectivity index (χ2n) is 4.83. The maximum atomic E-state index is 12.2. The predicted octanol–water partition coefficient (Wildman–Crippen LogP) is 2.73. The molecule has 1 N–H and O–H groups in total. The lowest BCUT2D eigenvalue weighted by Crippen LogP contribution is -2.12. The molecule has 0 aliphatic heterocycles. The number of rotatable bonds is 5. The van der Waals surface area contributed by atoms with Gasteiger partial charge in [0.1, 0.15) is 0 Å². The van der Waals surface area contributed by atoms with Gasteiger partial charge in [-0.05, 0) is 17.7 Å². The minimum Gasteiger partial charge on any atom is -0.276 e. The van der Waals surface area contributed by atoms with E-state index in [4.69, 9.17) is 0 Å². The van der Waals surface area contributed by atoms with Crippen LogP contribution in [-0.2, 0) is 16.6 Å². The zero-order valence-corrected chi connectivity index (χ0v) is 12.6. The average Bonchev–Trinajstić information content (AvgIpc) is 2.95. The fourth-order valence-electron chi connectivity index (χ4n) is 2.09. The van der Waals surface area contributed by atoms with Gasteiger partial charge in [0.2, 0.25) is 0 Å². The van der Waals surface area contributed by atoms with E-state index in [0.29, 0.717) is 12.2 Å². The molecule has 0 saturated heterocycles. The van der Waals surface area contributed by atoms with E-state index in [9.17, 15) is 8.42 Å². The van der Waals surface area contributed by atoms with Crippen molar-refractivity contribution < 1.29 is 8.42 Å². The number of aromatic nitrogens is 2. The van der Waals surface area contributed by atoms with E-state index in [0.717, 1.165) is 5.56 Å². The maximum Gasteiger partial charge on any atom is 0.261 e. The highest BCUT2D eigenvalue weighted by atomic mass is 32.2. The van der Waals surface area contributed by atoms with Crippen LogP contribution in [0.3, 0.4) is 0 Å². The van der Waals surface area contributed by atoms with Gasteiger partial charge in [-0.2, -0.15) is 5.10 Å². The summed E-state index contributed by atoms with van der Waals surface area (Å²) in [6.07, 6.45) is 3.18. The van der Waals surface area contributed by atoms with Crippen LogP contribution in [0.4, 0.5) is 5.69 Å². The van der Waals surface area contributed by atoms with Crippen molar-refractivity contribution in [1.82, 2.24) is 9.78 Å². The van der Waals surface area contributed by atoms with Gasteiger partial charge >= 0.3 is 0 Å². The summed E-state index contributed by atoms with van der Waals surface area (Å²) in [6, 6.07) is 18.1. The minimum absolute atomic E-state index is 0.228. The zero-order chi connectivity index (χ0) is 15.4. The summed E-state index contributed by atoms with van der Waals surface area (Å²) >= 11 is 0. The Labute approximate surface area is 129 Å². The molecule has 0 bridgehead atoms. The molecule has 5 nitrogen and oxygen atoms in total. The normalized spacial score (nSPS) is 11.3. The SMILES string of the molecule is O=S(=O)(Nc1cnn(Cc2ccccc2)c1)c1ccccc1. The molecule has 1 aromatic heterocycles. The van der Waals surface area contributed by atoms with E-state index < -0.39 is 10.0 Å². The molecule has 0 amide bonds. The number of nitrogens with one attached hydrogen (secondary N) is 1. The molecule has 22 heavy (non-hydrogen) atoms. The van der Waals surface area contributed by atoms with Gasteiger partial charge in [-0.1, -0.05) is 48.5 Å². The van der Waals surface area contributed by atoms with Crippen LogP contribution in [0.5, 0.6) is 0 Å². The van der Waals surface area contributed by atoms with Crippen molar-refractivity contribution >= 4 is 15.7 Å². The minimum atomic E-state index is -3.58. The average molecular weight is 313 g/mol. The van der Waals surface area contributed by atoms with Crippen molar-refractivity contribution in [2.75, 3.05) is 4.72 Å². The Morgan fingerprint density at radius 2 is 1.59 bits per heavy atom. The van der Waals surface area contributed by atoms with Crippen LogP contribution >= 0.6 is 0 Å². The van der Waals surface area contributed by atoms with Crippen molar-refractivity contribution in [2.45, 2.75) is 11.4 Å². The molecule has 3 aromatic rings. The lowest BCUT2D eigenvalue weighted by atomic mass is 10.2. The number of hydrogen-bond acceptors (Lipinski definition) is 3. The van der Waals surface area contributed by atoms with Crippen molar-refractivity contribution in [1.29, 1.82) is 0 Å². The summed E-state index contributed by atoms with van der Waals surface area (Å²) in [5.41, 5.74) is 1.54. The first kappa shape index (κ1) is 14.3. The van der Waals surface area contributed by atoms with Crippen LogP contribution in [-0.4, -0.2) is 18.2 Å². The summed E-state index contributed by atoms with van der Waals surface area (Å²) in [7, 11) is -3.58. The van der Waals surface area contributed by atoms with Crippen LogP contribution in [0, 0.1) is 0 Å². The zero-order valence-electron chi connectivity index (χ0n) is 11.8. The van der Waals surface area contributed by atoms with Gasteiger partial charge in [-0.3, -0.25) is 9.40 Å². The van der Waals surface area contributed by atoms with Gasteiger partial charge in [-0.25, -0.2) is 8.42 Å². The number of anilines is 1. The van der Waals surface area contributed by atoms with Crippen LogP contribution in [0.1, 0.15) is 5.56 Å². The lowest BCUT2D eigenvalue weighted by molar-refractivity contribution is 0.601. The first-order valence-electron chi connectivity index (χ1n) is 6.78. The molecule has 0 aliphatic carbocycles. The van der Waals surface area contributed by atoms with Crippen molar-refractivity contribution in [2.24, 2.45) is 0 Å². The van der Waals surface area contributed by atoms with Crippen molar-refractivity contribution in [3.05, 3.63) is 78.6 Å². The Bertz CT molecular complexity index is 843. The van der Waals surface area contributed by atoms with Gasteiger partial charge in [-0.15, -0.1) is 0 Å². The molecule has 112 valence electrons. The molecule has 3 rings (SSSR count). The molecule has 0 saturated carbocycles. The van der Waals surface area contributed by atoms with Crippen molar-refractivity contribution in [3.63, 3.8) is 0 Å². The maximum absolute atomic E-state index is 12.2. The fraction of sp³-hybridized carbons (Fsp3) is 0.0625. The van der Waals surface area contributed by atoms with Gasteiger partial charge in [0.15, 0.2) is 0 Å². The number of sulfonamides is 1. The Morgan fingerprint density at radius 3 is 2.27 bits per heavy atom. The van der Waals surface area contributed by atoms with E-state index in [1.807, 2.05) is 30.3 Å². The predicted molar refractivity (Wildman–Crippen MR) is 85.0 cm³/mol. The Kier molecular flexibility index (Phi) is 3.93. The Balaban J connectivity index is 1.75. The van der Waals surface area contributed by atoms with E-state index in [1.54, 1.807) is 41.2 Å². The van der Waals surface area contributed by atoms with E-state index in [-0.39, 0.29) is 4.90 Å². The van der Waals surface area contributed by atoms with Crippen LogP contribution < -0.4 is 4.72 Å². The fourth-order valence-corrected chi connectivity index (χ4v) is 3.14. The van der Waals surface area contributed by atoms with E-state index in [1.165, 1.54) is 6.20 Å². The second kappa shape index (κ2) is 6.03. The third kappa shape index (κ3) is 3.35. The van der Waals surface area contributed by atoms with E-state index in [2.05, 4.69) is 9.82 Å². The molecule has 0 spiro atoms. The monoisotopic (exact) mass is 313 g/mol. The van der Waals surface area contributed by atoms with Crippen LogP contribution in [0.25, 0.3) is 0 Å². The highest BCUT2D eigenvalue weighted by Gasteiger charge is 2.14. The summed E-state index contributed by atoms with van der Waals surface area (Å²) in [5, 5.41) is 4.18. The Hall–Kier alpha value is -2.60. The van der Waals surface area contributed by atoms with Gasteiger partial charge in [0, 0.05) is 6.20 Å². The molecule has 0 fully saturated rings. The summed E-state index contributed by atoms with van der Waals surface area (Å²) < 4.78 is 28.7. The molecule has 2 aromatic carbocycles. The lowest BCUT2D eigenvalue weighted by Gasteiger charge is -2.05. The molecular formula is C16H15N3O2S. The quantitative estimate of drug-likeness (QED) is 0.787. The topological polar surface area (TPSA) is 64.0 Å². The molecular weight excluding hydrogens is 298 g/mol. The number of hydrogen-bond donors (Lipinski definition) is 1. The molecule has 1 heterocycles. The van der Waals surface area contributed by atoms with Crippen LogP contribution in [0.2, 0.25) is 0 Å². The molecule has 0 unspecified atom stereocenters. The summed E-state index contributed by atoms with van der Waals surface area (Å²) in [4.78, 5) is 0.228. The first-order valence-corrected chi connectivity index (χ1v) is 8.26. The van der Waals surface area contributed by atoms with Gasteiger partial charge in [0.05, 0.1) is 23.3 Å². The number of nitrogens with zero attached hydrogens (tertiary/aromatic N) is 2. The third-order valence-corrected chi connectivity index (χ3v) is 4.52. The van der Waals surface area contributed by atoms with Gasteiger partial charge in [0.25, 0.3) is 10.0 Å². The summed E-state index contributed by atoms with van der Waals surface area (Å²) in [6.45, 7) is 0.591. The third-order valence-electron chi connectivity index (χ3n) is 3.13. The highest BCUT2D eigenvalue weighted by molar-refractivity contribution is 7.92. The standard InChI is InChI=1S/C16H15N3O2S/c20-22(21,16-9-5-2-6-10-16)18-15-11-17-19(13-15)12-14-7-3-1-4-8-14/h1-11,13,18H,12H2. The highest BCUT2D eigenvalue weighted by Crippen LogP contribution is 2.15. The van der Waals surface area contributed by atoms with Gasteiger partial charge < -0.3 is 0 Å². The molecule has 0 radical (unpaired) electrons. The molecule has 0 aliphatic rings. The Morgan fingerprint density at radius 1 is 0.955 bits per heavy atom. The largest absolute Gasteiger partial charge is 0.276 e. The van der Waals surface area contributed by atoms with E-state index >= 15 is 0 Å². The van der Waals surface area contributed by atoms with Crippen LogP contribution in [0.15, 0.2) is 78.0 Å². The smallest absolute Gasteiger partial charge is 0.261 e. The van der Waals surface area contributed by atoms with Crippen molar-refractivity contribution in [3.8, 4) is 0 Å². The first-order chi connectivity index (χ1) is 10.6. The summed E-state index contributed by atoms with van der Waals surface area (Å²) in [5.74, 6) is 0. The molecule has 0 atom stereocenters.